The van der Waals surface area contributed by atoms with Crippen LogP contribution in [-0.2, 0) is 4.79 Å². The van der Waals surface area contributed by atoms with E-state index in [1.807, 2.05) is 0 Å². The summed E-state index contributed by atoms with van der Waals surface area (Å²) in [6, 6.07) is 0. The average molecular weight is 277 g/mol. The Morgan fingerprint density at radius 1 is 1.18 bits per heavy atom. The Balaban J connectivity index is 0. The Kier molecular flexibility index (Phi) is 5.96. The highest BCUT2D eigenvalue weighted by molar-refractivity contribution is 5.85. The maximum absolute atomic E-state index is 10.7. The molecular formula is C6H17ClN4O6. The zero-order valence-corrected chi connectivity index (χ0v) is 9.46. The van der Waals surface area contributed by atoms with Gasteiger partial charge in [-0.3, -0.25) is 22.0 Å². The number of hydrogen-bond acceptors (Lipinski definition) is 9. The third kappa shape index (κ3) is 2.82. The van der Waals surface area contributed by atoms with Crippen LogP contribution < -0.4 is 22.9 Å². The summed E-state index contributed by atoms with van der Waals surface area (Å²) < 4.78 is 0. The van der Waals surface area contributed by atoms with Gasteiger partial charge in [0, 0.05) is 0 Å². The van der Waals surface area contributed by atoms with E-state index in [-0.39, 0.29) is 12.4 Å². The second-order valence-corrected chi connectivity index (χ2v) is 3.42. The number of halogens is 1. The van der Waals surface area contributed by atoms with Crippen molar-refractivity contribution in [1.29, 1.82) is 0 Å². The van der Waals surface area contributed by atoms with Crippen LogP contribution in [0.4, 0.5) is 0 Å². The molecule has 0 aliphatic heterocycles. The predicted molar refractivity (Wildman–Crippen MR) is 56.9 cm³/mol. The summed E-state index contributed by atoms with van der Waals surface area (Å²) >= 11 is 0. The van der Waals surface area contributed by atoms with Gasteiger partial charge in [-0.05, 0) is 0 Å². The number of aliphatic hydroxyl groups excluding tert-OH is 2. The molecule has 0 aliphatic rings. The van der Waals surface area contributed by atoms with Gasteiger partial charge in [-0.15, -0.1) is 12.4 Å². The van der Waals surface area contributed by atoms with Crippen LogP contribution in [0.1, 0.15) is 0 Å². The van der Waals surface area contributed by atoms with Crippen molar-refractivity contribution in [3.63, 3.8) is 0 Å². The maximum Gasteiger partial charge on any atom is 0.269 e. The molecule has 4 atom stereocenters. The van der Waals surface area contributed by atoms with Crippen LogP contribution in [0.25, 0.3) is 0 Å². The summed E-state index contributed by atoms with van der Waals surface area (Å²) in [5.41, 5.74) is 9.64. The SMILES string of the molecule is Cl.NC(=O)[C@](N)(O)[C@@](N)(O)[C@](N)(O)[C@H](O)CO. The number of nitrogens with two attached hydrogens (primary N) is 4. The lowest BCUT2D eigenvalue weighted by molar-refractivity contribution is -0.265. The largest absolute Gasteiger partial charge is 0.394 e. The molecule has 0 fully saturated rings. The molecule has 0 aromatic carbocycles. The molecule has 1 amide bonds. The highest BCUT2D eigenvalue weighted by Gasteiger charge is 2.62. The second kappa shape index (κ2) is 5.39. The predicted octanol–water partition coefficient (Wildman–Crippen LogP) is -5.81. The molecule has 13 N–H and O–H groups in total. The van der Waals surface area contributed by atoms with E-state index >= 15 is 0 Å². The number of hydrogen-bond donors (Lipinski definition) is 9. The lowest BCUT2D eigenvalue weighted by atomic mass is 9.86. The van der Waals surface area contributed by atoms with Crippen molar-refractivity contribution in [2.75, 3.05) is 6.61 Å². The Labute approximate surface area is 102 Å². The Bertz CT molecular complexity index is 284. The van der Waals surface area contributed by atoms with Crippen molar-refractivity contribution in [1.82, 2.24) is 0 Å². The van der Waals surface area contributed by atoms with Crippen LogP contribution in [0, 0.1) is 0 Å². The van der Waals surface area contributed by atoms with Crippen molar-refractivity contribution < 1.29 is 30.3 Å². The molecule has 0 heterocycles. The van der Waals surface area contributed by atoms with Gasteiger partial charge < -0.3 is 31.3 Å². The van der Waals surface area contributed by atoms with Gasteiger partial charge >= 0.3 is 0 Å². The van der Waals surface area contributed by atoms with Crippen LogP contribution in [0.2, 0.25) is 0 Å². The monoisotopic (exact) mass is 276 g/mol. The molecule has 104 valence electrons. The van der Waals surface area contributed by atoms with Crippen LogP contribution in [0.5, 0.6) is 0 Å². The van der Waals surface area contributed by atoms with Crippen LogP contribution >= 0.6 is 12.4 Å². The van der Waals surface area contributed by atoms with Gasteiger partial charge in [-0.2, -0.15) is 0 Å². The molecule has 0 spiro atoms. The first-order valence-electron chi connectivity index (χ1n) is 4.05. The molecule has 10 nitrogen and oxygen atoms in total. The number of carbonyl (C=O) groups excluding carboxylic acids is 1. The normalized spacial score (nSPS) is 23.5. The lowest BCUT2D eigenvalue weighted by Crippen LogP contribution is -2.85. The molecule has 0 aromatic heterocycles. The van der Waals surface area contributed by atoms with Crippen molar-refractivity contribution in [3.8, 4) is 0 Å². The second-order valence-electron chi connectivity index (χ2n) is 3.42. The maximum atomic E-state index is 10.7. The molecule has 0 aliphatic carbocycles. The number of rotatable bonds is 5. The Morgan fingerprint density at radius 2 is 1.53 bits per heavy atom. The first kappa shape index (κ1) is 18.8. The first-order chi connectivity index (χ1) is 6.92. The summed E-state index contributed by atoms with van der Waals surface area (Å²) in [5, 5.41) is 45.9. The van der Waals surface area contributed by atoms with E-state index < -0.39 is 35.8 Å². The van der Waals surface area contributed by atoms with Gasteiger partial charge in [0.15, 0.2) is 5.72 Å². The van der Waals surface area contributed by atoms with E-state index in [0.717, 1.165) is 0 Å². The van der Waals surface area contributed by atoms with Crippen molar-refractivity contribution >= 4 is 18.3 Å². The minimum absolute atomic E-state index is 0. The smallest absolute Gasteiger partial charge is 0.269 e. The summed E-state index contributed by atoms with van der Waals surface area (Å²) in [6.45, 7) is -1.11. The zero-order valence-electron chi connectivity index (χ0n) is 8.65. The van der Waals surface area contributed by atoms with Crippen molar-refractivity contribution in [2.24, 2.45) is 22.9 Å². The molecule has 0 radical (unpaired) electrons. The number of carbonyl (C=O) groups is 1. The summed E-state index contributed by atoms with van der Waals surface area (Å²) in [5.74, 6) is -1.69. The van der Waals surface area contributed by atoms with Gasteiger partial charge in [0.1, 0.15) is 6.10 Å². The minimum Gasteiger partial charge on any atom is -0.394 e. The molecule has 0 aromatic rings. The highest BCUT2D eigenvalue weighted by atomic mass is 35.5. The van der Waals surface area contributed by atoms with Crippen LogP contribution in [-0.4, -0.2) is 61.3 Å². The van der Waals surface area contributed by atoms with E-state index in [1.165, 1.54) is 0 Å². The van der Waals surface area contributed by atoms with Crippen molar-refractivity contribution in [3.05, 3.63) is 0 Å². The molecule has 0 bridgehead atoms. The zero-order chi connectivity index (χ0) is 13.4. The summed E-state index contributed by atoms with van der Waals surface area (Å²) in [6.07, 6.45) is -2.17. The van der Waals surface area contributed by atoms with E-state index in [9.17, 15) is 20.1 Å². The van der Waals surface area contributed by atoms with E-state index in [4.69, 9.17) is 27.4 Å². The molecule has 0 saturated carbocycles. The minimum atomic E-state index is -3.38. The van der Waals surface area contributed by atoms with E-state index in [1.54, 1.807) is 0 Å². The third-order valence-corrected chi connectivity index (χ3v) is 2.25. The quantitative estimate of drug-likeness (QED) is 0.218. The third-order valence-electron chi connectivity index (χ3n) is 2.25. The number of aliphatic hydroxyl groups is 5. The van der Waals surface area contributed by atoms with Gasteiger partial charge in [-0.25, -0.2) is 0 Å². The number of amides is 1. The molecule has 0 rings (SSSR count). The van der Waals surface area contributed by atoms with Gasteiger partial charge in [0.05, 0.1) is 6.61 Å². The molecule has 0 unspecified atom stereocenters. The van der Waals surface area contributed by atoms with Crippen LogP contribution in [0.3, 0.4) is 0 Å². The van der Waals surface area contributed by atoms with E-state index in [0.29, 0.717) is 0 Å². The molecule has 17 heavy (non-hydrogen) atoms. The molecule has 0 saturated heterocycles. The summed E-state index contributed by atoms with van der Waals surface area (Å²) in [7, 11) is 0. The topological polar surface area (TPSA) is 222 Å². The lowest BCUT2D eigenvalue weighted by Gasteiger charge is -2.45. The van der Waals surface area contributed by atoms with Gasteiger partial charge in [0.2, 0.25) is 11.4 Å². The first-order valence-corrected chi connectivity index (χ1v) is 4.05. The van der Waals surface area contributed by atoms with Gasteiger partial charge in [0.25, 0.3) is 5.91 Å². The van der Waals surface area contributed by atoms with Crippen molar-refractivity contribution in [2.45, 2.75) is 23.3 Å². The van der Waals surface area contributed by atoms with Gasteiger partial charge in [-0.1, -0.05) is 0 Å². The average Bonchev–Trinajstić information content (AvgIpc) is 2.15. The number of primary amides is 1. The fourth-order valence-corrected chi connectivity index (χ4v) is 0.886. The highest BCUT2D eigenvalue weighted by Crippen LogP contribution is 2.24. The fourth-order valence-electron chi connectivity index (χ4n) is 0.886. The molecular weight excluding hydrogens is 260 g/mol. The molecule has 11 heteroatoms. The van der Waals surface area contributed by atoms with Crippen LogP contribution in [0.15, 0.2) is 0 Å². The fraction of sp³-hybridized carbons (Fsp3) is 0.833. The summed E-state index contributed by atoms with van der Waals surface area (Å²) in [4.78, 5) is 10.7. The Morgan fingerprint density at radius 3 is 1.76 bits per heavy atom. The Hall–Kier alpha value is -0.560. The van der Waals surface area contributed by atoms with E-state index in [2.05, 4.69) is 5.73 Å². The standard InChI is InChI=1S/C6H16N4O6.ClH/c7-3(13)5(9,15)6(10,16)4(8,14)2(12)1-11;/h2,11-12,14-16H,1,8-10H2,(H2,7,13);1H/t2-,4-,5+,6+;/m1./s1.